The molecule has 11 heteroatoms. The van der Waals surface area contributed by atoms with Gasteiger partial charge in [0.2, 0.25) is 23.8 Å². The quantitative estimate of drug-likeness (QED) is 0.229. The van der Waals surface area contributed by atoms with Crippen molar-refractivity contribution in [2.24, 2.45) is 5.73 Å². The van der Waals surface area contributed by atoms with Crippen molar-refractivity contribution in [2.75, 3.05) is 19.6 Å². The molecule has 0 fully saturated rings. The van der Waals surface area contributed by atoms with Gasteiger partial charge in [-0.15, -0.1) is 0 Å². The molecule has 0 unspecified atom stereocenters. The second-order valence-electron chi connectivity index (χ2n) is 7.83. The highest BCUT2D eigenvalue weighted by Gasteiger charge is 2.37. The number of hydrogen-bond donors (Lipinski definition) is 4. The zero-order chi connectivity index (χ0) is 23.5. The first kappa shape index (κ1) is 27.3. The van der Waals surface area contributed by atoms with Gasteiger partial charge < -0.3 is 31.2 Å². The first-order valence-corrected chi connectivity index (χ1v) is 9.75. The van der Waals surface area contributed by atoms with E-state index in [2.05, 4.69) is 16.0 Å². The average Bonchev–Trinajstić information content (AvgIpc) is 2.67. The Morgan fingerprint density at radius 3 is 1.57 bits per heavy atom. The molecule has 0 aromatic rings. The number of hydrogen-bond acceptors (Lipinski definition) is 8. The molecular weight excluding hydrogens is 396 g/mol. The lowest BCUT2D eigenvalue weighted by molar-refractivity contribution is -0.173. The maximum Gasteiger partial charge on any atom is 0.340 e. The van der Waals surface area contributed by atoms with E-state index in [4.69, 9.17) is 15.2 Å². The van der Waals surface area contributed by atoms with Gasteiger partial charge in [0.15, 0.2) is 0 Å². The summed E-state index contributed by atoms with van der Waals surface area (Å²) in [5, 5.41) is 6.73. The van der Waals surface area contributed by atoms with Crippen molar-refractivity contribution in [3.8, 4) is 0 Å². The Morgan fingerprint density at radius 2 is 1.17 bits per heavy atom. The molecule has 0 aromatic heterocycles. The summed E-state index contributed by atoms with van der Waals surface area (Å²) in [7, 11) is 0. The normalized spacial score (nSPS) is 11.5. The van der Waals surface area contributed by atoms with Gasteiger partial charge in [0.05, 0.1) is 19.6 Å². The maximum absolute atomic E-state index is 12.5. The Labute approximate surface area is 176 Å². The molecular formula is C19H34N4O7. The molecule has 0 rings (SSSR count). The Kier molecular flexibility index (Phi) is 11.0. The smallest absolute Gasteiger partial charge is 0.340 e. The molecule has 0 aromatic carbocycles. The third kappa shape index (κ3) is 10.7. The largest absolute Gasteiger partial charge is 0.458 e. The zero-order valence-electron chi connectivity index (χ0n) is 18.5. The lowest BCUT2D eigenvalue weighted by Gasteiger charge is -2.29. The van der Waals surface area contributed by atoms with Crippen molar-refractivity contribution < 1.29 is 33.4 Å². The summed E-state index contributed by atoms with van der Waals surface area (Å²) in [4.78, 5) is 59.9. The third-order valence-corrected chi connectivity index (χ3v) is 4.31. The van der Waals surface area contributed by atoms with Crippen molar-refractivity contribution in [3.63, 3.8) is 0 Å². The Morgan fingerprint density at radius 1 is 0.767 bits per heavy atom. The average molecular weight is 431 g/mol. The summed E-state index contributed by atoms with van der Waals surface area (Å²) in [5.74, 6) is -3.91. The van der Waals surface area contributed by atoms with Crippen LogP contribution in [0.25, 0.3) is 0 Å². The van der Waals surface area contributed by atoms with E-state index < -0.39 is 53.4 Å². The number of ether oxygens (including phenoxy) is 2. The molecule has 0 aliphatic rings. The highest BCUT2D eigenvalue weighted by Crippen LogP contribution is 2.18. The van der Waals surface area contributed by atoms with Crippen LogP contribution in [0.3, 0.4) is 0 Å². The van der Waals surface area contributed by atoms with Crippen molar-refractivity contribution in [2.45, 2.75) is 71.6 Å². The third-order valence-electron chi connectivity index (χ3n) is 4.31. The van der Waals surface area contributed by atoms with E-state index >= 15 is 0 Å². The predicted octanol–water partition coefficient (Wildman–Crippen LogP) is -0.874. The summed E-state index contributed by atoms with van der Waals surface area (Å²) >= 11 is 0. The van der Waals surface area contributed by atoms with Gasteiger partial charge in [-0.1, -0.05) is 13.8 Å². The Bertz CT molecular complexity index is 617. The van der Waals surface area contributed by atoms with E-state index in [1.165, 1.54) is 0 Å². The molecule has 5 N–H and O–H groups in total. The van der Waals surface area contributed by atoms with Crippen LogP contribution in [-0.2, 0) is 33.4 Å². The van der Waals surface area contributed by atoms with E-state index in [1.54, 1.807) is 41.5 Å². The zero-order valence-corrected chi connectivity index (χ0v) is 18.5. The minimum absolute atomic E-state index is 0.276. The van der Waals surface area contributed by atoms with Crippen LogP contribution in [0.1, 0.15) is 54.4 Å². The molecule has 0 aliphatic carbocycles. The lowest BCUT2D eigenvalue weighted by Crippen LogP contribution is -2.53. The van der Waals surface area contributed by atoms with Crippen molar-refractivity contribution in [3.05, 3.63) is 0 Å². The molecule has 0 radical (unpaired) electrons. The lowest BCUT2D eigenvalue weighted by atomic mass is 10.1. The van der Waals surface area contributed by atoms with Crippen molar-refractivity contribution in [1.82, 2.24) is 16.0 Å². The fourth-order valence-electron chi connectivity index (χ4n) is 1.73. The number of esters is 2. The van der Waals surface area contributed by atoms with E-state index in [0.29, 0.717) is 12.8 Å². The molecule has 0 bridgehead atoms. The van der Waals surface area contributed by atoms with Crippen molar-refractivity contribution in [1.29, 1.82) is 0 Å². The molecule has 0 heterocycles. The van der Waals surface area contributed by atoms with Gasteiger partial charge in [-0.3, -0.25) is 14.4 Å². The second-order valence-corrected chi connectivity index (χ2v) is 7.83. The van der Waals surface area contributed by atoms with E-state index in [1.807, 2.05) is 0 Å². The molecule has 0 aliphatic heterocycles. The molecule has 0 saturated carbocycles. The first-order valence-electron chi connectivity index (χ1n) is 9.75. The van der Waals surface area contributed by atoms with Gasteiger partial charge in [-0.2, -0.15) is 0 Å². The van der Waals surface area contributed by atoms with E-state index in [9.17, 15) is 24.0 Å². The summed E-state index contributed by atoms with van der Waals surface area (Å²) < 4.78 is 10.6. The Hall–Kier alpha value is -2.69. The number of rotatable bonds is 12. The van der Waals surface area contributed by atoms with Crippen molar-refractivity contribution >= 4 is 29.7 Å². The highest BCUT2D eigenvalue weighted by molar-refractivity contribution is 6.03. The van der Waals surface area contributed by atoms with Gasteiger partial charge in [0, 0.05) is 0 Å². The van der Waals surface area contributed by atoms with Crippen LogP contribution in [0.4, 0.5) is 0 Å². The molecule has 172 valence electrons. The molecule has 0 saturated heterocycles. The van der Waals surface area contributed by atoms with Crippen LogP contribution in [-0.4, -0.2) is 66.5 Å². The summed E-state index contributed by atoms with van der Waals surface area (Å²) in [5.41, 5.74) is 3.40. The van der Waals surface area contributed by atoms with Crippen LogP contribution < -0.4 is 21.7 Å². The Balaban J connectivity index is 5.08. The van der Waals surface area contributed by atoms with Gasteiger partial charge >= 0.3 is 11.9 Å². The van der Waals surface area contributed by atoms with Gasteiger partial charge in [0.1, 0.15) is 11.2 Å². The number of nitrogens with one attached hydrogen (secondary N) is 3. The minimum Gasteiger partial charge on any atom is -0.458 e. The maximum atomic E-state index is 12.5. The molecule has 0 spiro atoms. The SMILES string of the molecule is CCC(C)(C)OC(=O)C(NC(=O)CNC(=O)CNC(=O)CN)C(=O)OC(C)(C)CC. The fourth-order valence-corrected chi connectivity index (χ4v) is 1.73. The number of carbonyl (C=O) groups excluding carboxylic acids is 5. The second kappa shape index (κ2) is 12.1. The van der Waals surface area contributed by atoms with E-state index in [-0.39, 0.29) is 13.1 Å². The topological polar surface area (TPSA) is 166 Å². The molecule has 30 heavy (non-hydrogen) atoms. The van der Waals surface area contributed by atoms with Crippen LogP contribution in [0, 0.1) is 0 Å². The predicted molar refractivity (Wildman–Crippen MR) is 108 cm³/mol. The van der Waals surface area contributed by atoms with Crippen LogP contribution in [0.15, 0.2) is 0 Å². The minimum atomic E-state index is -1.69. The summed E-state index contributed by atoms with van der Waals surface area (Å²) in [6, 6.07) is -1.69. The van der Waals surface area contributed by atoms with Gasteiger partial charge in [-0.05, 0) is 40.5 Å². The molecule has 11 nitrogen and oxygen atoms in total. The standard InChI is InChI=1S/C19H34N4O7/c1-7-18(3,4)29-16(27)15(17(28)30-19(5,6)8-2)23-14(26)11-22-13(25)10-21-12(24)9-20/h15H,7-11,20H2,1-6H3,(H,21,24)(H,22,25)(H,23,26). The van der Waals surface area contributed by atoms with Crippen LogP contribution in [0.5, 0.6) is 0 Å². The first-order chi connectivity index (χ1) is 13.8. The van der Waals surface area contributed by atoms with Gasteiger partial charge in [0.25, 0.3) is 0 Å². The van der Waals surface area contributed by atoms with Gasteiger partial charge in [-0.25, -0.2) is 9.59 Å². The number of amides is 3. The molecule has 3 amide bonds. The van der Waals surface area contributed by atoms with Crippen LogP contribution >= 0.6 is 0 Å². The highest BCUT2D eigenvalue weighted by atomic mass is 16.6. The summed E-state index contributed by atoms with van der Waals surface area (Å²) in [6.07, 6.45) is 0.971. The molecule has 0 atom stereocenters. The summed E-state index contributed by atoms with van der Waals surface area (Å²) in [6.45, 7) is 9.11. The van der Waals surface area contributed by atoms with Crippen LogP contribution in [0.2, 0.25) is 0 Å². The number of carbonyl (C=O) groups is 5. The fraction of sp³-hybridized carbons (Fsp3) is 0.737. The number of nitrogens with two attached hydrogens (primary N) is 1. The monoisotopic (exact) mass is 430 g/mol. The van der Waals surface area contributed by atoms with E-state index in [0.717, 1.165) is 0 Å².